The van der Waals surface area contributed by atoms with Gasteiger partial charge in [0.1, 0.15) is 4.90 Å². The number of aromatic amines is 1. The molecule has 2 N–H and O–H groups in total. The topological polar surface area (TPSA) is 98.4 Å². The molecule has 8 nitrogen and oxygen atoms in total. The summed E-state index contributed by atoms with van der Waals surface area (Å²) in [5.74, 6) is -0.160. The Hall–Kier alpha value is -1.16. The number of piperidine rings is 1. The van der Waals surface area contributed by atoms with Crippen molar-refractivity contribution in [2.75, 3.05) is 33.2 Å². The van der Waals surface area contributed by atoms with Gasteiger partial charge in [-0.1, -0.05) is 0 Å². The molecule has 2 saturated heterocycles. The second kappa shape index (κ2) is 8.89. The highest BCUT2D eigenvalue weighted by molar-refractivity contribution is 7.89. The van der Waals surface area contributed by atoms with E-state index in [4.69, 9.17) is 0 Å². The second-order valence-electron chi connectivity index (χ2n) is 7.35. The number of amides is 1. The Labute approximate surface area is 167 Å². The molecule has 0 radical (unpaired) electrons. The fourth-order valence-electron chi connectivity index (χ4n) is 4.22. The van der Waals surface area contributed by atoms with E-state index in [1.165, 1.54) is 4.31 Å². The highest BCUT2D eigenvalue weighted by Gasteiger charge is 2.39. The van der Waals surface area contributed by atoms with E-state index in [9.17, 15) is 13.2 Å². The van der Waals surface area contributed by atoms with Crippen LogP contribution >= 0.6 is 12.4 Å². The van der Waals surface area contributed by atoms with Crippen LogP contribution in [0.15, 0.2) is 4.90 Å². The second-order valence-corrected chi connectivity index (χ2v) is 9.23. The minimum absolute atomic E-state index is 0. The van der Waals surface area contributed by atoms with Crippen molar-refractivity contribution in [3.05, 3.63) is 11.4 Å². The predicted molar refractivity (Wildman–Crippen MR) is 105 cm³/mol. The third kappa shape index (κ3) is 4.31. The Morgan fingerprint density at radius 3 is 2.59 bits per heavy atom. The molecule has 0 aliphatic carbocycles. The fraction of sp³-hybridized carbons (Fsp3) is 0.765. The summed E-state index contributed by atoms with van der Waals surface area (Å²) >= 11 is 0. The van der Waals surface area contributed by atoms with E-state index in [-0.39, 0.29) is 41.7 Å². The lowest BCUT2D eigenvalue weighted by Crippen LogP contribution is -2.49. The number of hydrogen-bond acceptors (Lipinski definition) is 5. The molecule has 154 valence electrons. The number of rotatable bonds is 5. The standard InChI is InChI=1S/C17H29N5O3S.ClH/c1-12-16(13(2)20-19-12)26(24,25)21-8-4-6-14(11-21)17(23)22-9-5-7-15(22)10-18-3;/h14-15,18H,4-11H2,1-3H3,(H,19,20);1H. The van der Waals surface area contributed by atoms with Crippen molar-refractivity contribution < 1.29 is 13.2 Å². The molecule has 2 atom stereocenters. The summed E-state index contributed by atoms with van der Waals surface area (Å²) < 4.78 is 27.6. The lowest BCUT2D eigenvalue weighted by Gasteiger charge is -2.35. The molecule has 2 fully saturated rings. The number of nitrogens with zero attached hydrogens (tertiary/aromatic N) is 3. The summed E-state index contributed by atoms with van der Waals surface area (Å²) in [5.41, 5.74) is 1.02. The van der Waals surface area contributed by atoms with Crippen LogP contribution in [0.5, 0.6) is 0 Å². The van der Waals surface area contributed by atoms with Crippen LogP contribution in [-0.4, -0.2) is 73.0 Å². The zero-order valence-corrected chi connectivity index (χ0v) is 17.8. The number of carbonyl (C=O) groups excluding carboxylic acids is 1. The highest BCUT2D eigenvalue weighted by Crippen LogP contribution is 2.29. The Morgan fingerprint density at radius 2 is 1.96 bits per heavy atom. The fourth-order valence-corrected chi connectivity index (χ4v) is 6.08. The molecule has 0 spiro atoms. The number of halogens is 1. The lowest BCUT2D eigenvalue weighted by atomic mass is 9.97. The number of carbonyl (C=O) groups is 1. The number of H-pyrrole nitrogens is 1. The maximum atomic E-state index is 13.1. The van der Waals surface area contributed by atoms with Gasteiger partial charge in [-0.05, 0) is 46.6 Å². The molecule has 0 bridgehead atoms. The van der Waals surface area contributed by atoms with Crippen LogP contribution in [-0.2, 0) is 14.8 Å². The van der Waals surface area contributed by atoms with E-state index in [1.54, 1.807) is 13.8 Å². The number of nitrogens with one attached hydrogen (secondary N) is 2. The Kier molecular flexibility index (Phi) is 7.29. The van der Waals surface area contributed by atoms with Crippen LogP contribution in [0.2, 0.25) is 0 Å². The number of aromatic nitrogens is 2. The molecule has 3 rings (SSSR count). The van der Waals surface area contributed by atoms with Crippen LogP contribution in [0.1, 0.15) is 37.1 Å². The summed E-state index contributed by atoms with van der Waals surface area (Å²) in [4.78, 5) is 15.2. The molecule has 1 aromatic rings. The Morgan fingerprint density at radius 1 is 1.26 bits per heavy atom. The average molecular weight is 420 g/mol. The molecule has 2 unspecified atom stereocenters. The molecule has 1 aromatic heterocycles. The zero-order chi connectivity index (χ0) is 18.9. The van der Waals surface area contributed by atoms with Gasteiger partial charge in [-0.3, -0.25) is 9.89 Å². The van der Waals surface area contributed by atoms with E-state index in [2.05, 4.69) is 15.5 Å². The Balaban J connectivity index is 0.00000261. The monoisotopic (exact) mass is 419 g/mol. The number of aryl methyl sites for hydroxylation is 2. The summed E-state index contributed by atoms with van der Waals surface area (Å²) in [5, 5.41) is 9.91. The van der Waals surface area contributed by atoms with Crippen LogP contribution in [0.25, 0.3) is 0 Å². The van der Waals surface area contributed by atoms with Gasteiger partial charge in [0.2, 0.25) is 15.9 Å². The van der Waals surface area contributed by atoms with Crippen molar-refractivity contribution in [1.29, 1.82) is 0 Å². The first-order valence-corrected chi connectivity index (χ1v) is 10.8. The first-order chi connectivity index (χ1) is 12.4. The van der Waals surface area contributed by atoms with Crippen LogP contribution in [0, 0.1) is 19.8 Å². The first kappa shape index (κ1) is 22.1. The van der Waals surface area contributed by atoms with Gasteiger partial charge in [-0.25, -0.2) is 8.42 Å². The molecular weight excluding hydrogens is 390 g/mol. The maximum absolute atomic E-state index is 13.1. The zero-order valence-electron chi connectivity index (χ0n) is 16.2. The quantitative estimate of drug-likeness (QED) is 0.743. The van der Waals surface area contributed by atoms with Crippen molar-refractivity contribution in [2.24, 2.45) is 5.92 Å². The molecule has 10 heteroatoms. The van der Waals surface area contributed by atoms with Crippen molar-refractivity contribution in [3.63, 3.8) is 0 Å². The minimum atomic E-state index is -3.64. The third-order valence-electron chi connectivity index (χ3n) is 5.49. The van der Waals surface area contributed by atoms with Gasteiger partial charge < -0.3 is 10.2 Å². The van der Waals surface area contributed by atoms with Gasteiger partial charge in [-0.15, -0.1) is 12.4 Å². The number of likely N-dealkylation sites (tertiary alicyclic amines) is 1. The highest BCUT2D eigenvalue weighted by atomic mass is 35.5. The van der Waals surface area contributed by atoms with Crippen LogP contribution in [0.4, 0.5) is 0 Å². The Bertz CT molecular complexity index is 747. The van der Waals surface area contributed by atoms with Crippen LogP contribution in [0.3, 0.4) is 0 Å². The SMILES string of the molecule is CNCC1CCCN1C(=O)C1CCCN(S(=O)(=O)c2c(C)n[nH]c2C)C1.Cl. The van der Waals surface area contributed by atoms with E-state index >= 15 is 0 Å². The number of hydrogen-bond donors (Lipinski definition) is 2. The largest absolute Gasteiger partial charge is 0.338 e. The lowest BCUT2D eigenvalue weighted by molar-refractivity contribution is -0.137. The van der Waals surface area contributed by atoms with E-state index in [1.807, 2.05) is 11.9 Å². The van der Waals surface area contributed by atoms with Gasteiger partial charge in [0.25, 0.3) is 0 Å². The molecule has 1 amide bonds. The van der Waals surface area contributed by atoms with Gasteiger partial charge in [0, 0.05) is 32.2 Å². The van der Waals surface area contributed by atoms with Crippen molar-refractivity contribution >= 4 is 28.3 Å². The third-order valence-corrected chi connectivity index (χ3v) is 7.62. The summed E-state index contributed by atoms with van der Waals surface area (Å²) in [7, 11) is -1.74. The maximum Gasteiger partial charge on any atom is 0.246 e. The van der Waals surface area contributed by atoms with E-state index in [0.29, 0.717) is 24.4 Å². The molecule has 2 aliphatic heterocycles. The molecule has 3 heterocycles. The normalized spacial score (nSPS) is 24.0. The summed E-state index contributed by atoms with van der Waals surface area (Å²) in [6, 6.07) is 0.220. The first-order valence-electron chi connectivity index (χ1n) is 9.33. The van der Waals surface area contributed by atoms with E-state index < -0.39 is 10.0 Å². The molecule has 0 aromatic carbocycles. The minimum Gasteiger partial charge on any atom is -0.338 e. The van der Waals surface area contributed by atoms with Gasteiger partial charge in [0.15, 0.2) is 0 Å². The summed E-state index contributed by atoms with van der Waals surface area (Å²) in [6.07, 6.45) is 3.47. The van der Waals surface area contributed by atoms with Crippen molar-refractivity contribution in [2.45, 2.75) is 50.5 Å². The van der Waals surface area contributed by atoms with Crippen LogP contribution < -0.4 is 5.32 Å². The average Bonchev–Trinajstić information content (AvgIpc) is 3.21. The van der Waals surface area contributed by atoms with Crippen molar-refractivity contribution in [1.82, 2.24) is 24.7 Å². The predicted octanol–water partition coefficient (Wildman–Crippen LogP) is 1.06. The van der Waals surface area contributed by atoms with Gasteiger partial charge in [-0.2, -0.15) is 9.40 Å². The molecule has 2 aliphatic rings. The summed E-state index contributed by atoms with van der Waals surface area (Å²) in [6.45, 7) is 5.67. The van der Waals surface area contributed by atoms with E-state index in [0.717, 1.165) is 32.4 Å². The molecular formula is C17H30ClN5O3S. The molecule has 27 heavy (non-hydrogen) atoms. The smallest absolute Gasteiger partial charge is 0.246 e. The van der Waals surface area contributed by atoms with Gasteiger partial charge >= 0.3 is 0 Å². The van der Waals surface area contributed by atoms with Crippen molar-refractivity contribution in [3.8, 4) is 0 Å². The molecule has 0 saturated carbocycles. The van der Waals surface area contributed by atoms with Gasteiger partial charge in [0.05, 0.1) is 17.3 Å². The number of likely N-dealkylation sites (N-methyl/N-ethyl adjacent to an activating group) is 1. The number of sulfonamides is 1.